The molecular weight excluding hydrogens is 359 g/mol. The molecule has 0 aromatic heterocycles. The van der Waals surface area contributed by atoms with Gasteiger partial charge in [0.25, 0.3) is 0 Å². The van der Waals surface area contributed by atoms with E-state index in [-0.39, 0.29) is 17.6 Å². The molecule has 27 heavy (non-hydrogen) atoms. The third-order valence-corrected chi connectivity index (χ3v) is 3.03. The van der Waals surface area contributed by atoms with Crippen LogP contribution in [0.1, 0.15) is 48.0 Å². The monoisotopic (exact) mass is 393 g/mol. The molecule has 0 rings (SSSR count). The molecule has 0 radical (unpaired) electrons. The fraction of sp³-hybridized carbons (Fsp3) is 0.833. The van der Waals surface area contributed by atoms with Crippen molar-refractivity contribution in [2.75, 3.05) is 34.0 Å². The number of esters is 2. The number of halogens is 1. The van der Waals surface area contributed by atoms with Crippen molar-refractivity contribution >= 4 is 18.0 Å². The summed E-state index contributed by atoms with van der Waals surface area (Å²) in [6.07, 6.45) is -1.26. The number of carbonyl (C=O) groups is 3. The van der Waals surface area contributed by atoms with Crippen LogP contribution in [0.5, 0.6) is 0 Å². The number of hydrogen-bond acceptors (Lipinski definition) is 6. The van der Waals surface area contributed by atoms with Crippen LogP contribution in [0.15, 0.2) is 0 Å². The Hall–Kier alpha value is -1.90. The molecule has 0 heterocycles. The molecule has 0 bridgehead atoms. The van der Waals surface area contributed by atoms with Crippen LogP contribution in [0.3, 0.4) is 0 Å². The van der Waals surface area contributed by atoms with Gasteiger partial charge in [-0.2, -0.15) is 4.39 Å². The lowest BCUT2D eigenvalue weighted by molar-refractivity contribution is -0.902. The van der Waals surface area contributed by atoms with Crippen LogP contribution >= 0.6 is 0 Å². The van der Waals surface area contributed by atoms with E-state index >= 15 is 0 Å². The van der Waals surface area contributed by atoms with Gasteiger partial charge in [-0.1, -0.05) is 0 Å². The zero-order valence-corrected chi connectivity index (χ0v) is 17.7. The van der Waals surface area contributed by atoms with Crippen molar-refractivity contribution in [3.8, 4) is 0 Å². The highest BCUT2D eigenvalue weighted by molar-refractivity contribution is 5.86. The average molecular weight is 393 g/mol. The Kier molecular flexibility index (Phi) is 9.17. The molecule has 0 aliphatic carbocycles. The largest absolute Gasteiger partial charge is 0.460 e. The molecule has 0 unspecified atom stereocenters. The molecule has 0 aliphatic heterocycles. The van der Waals surface area contributed by atoms with Crippen LogP contribution in [0.4, 0.5) is 9.18 Å². The maximum absolute atomic E-state index is 12.8. The summed E-state index contributed by atoms with van der Waals surface area (Å²) >= 11 is 0. The first-order valence-electron chi connectivity index (χ1n) is 8.80. The number of likely N-dealkylation sites (N-methyl/N-ethyl adjacent to an activating group) is 1. The van der Waals surface area contributed by atoms with Gasteiger partial charge in [0, 0.05) is 0 Å². The molecule has 0 aliphatic rings. The molecular formula is C18H34FN2O6+. The van der Waals surface area contributed by atoms with Crippen LogP contribution in [0.25, 0.3) is 0 Å². The lowest BCUT2D eigenvalue weighted by Crippen LogP contribution is -2.47. The van der Waals surface area contributed by atoms with Crippen LogP contribution in [-0.2, 0) is 23.8 Å². The Balaban J connectivity index is 4.97. The summed E-state index contributed by atoms with van der Waals surface area (Å²) < 4.78 is 28.2. The summed E-state index contributed by atoms with van der Waals surface area (Å²) in [5, 5.41) is 2.34. The van der Waals surface area contributed by atoms with Gasteiger partial charge in [0.2, 0.25) is 6.80 Å². The fourth-order valence-electron chi connectivity index (χ4n) is 1.75. The van der Waals surface area contributed by atoms with E-state index < -0.39 is 48.5 Å². The Bertz CT molecular complexity index is 493. The molecule has 8 nitrogen and oxygen atoms in total. The molecule has 1 amide bonds. The predicted octanol–water partition coefficient (Wildman–Crippen LogP) is 2.16. The smallest absolute Gasteiger partial charge is 0.408 e. The molecule has 0 saturated carbocycles. The maximum Gasteiger partial charge on any atom is 0.408 e. The first-order chi connectivity index (χ1) is 12.0. The van der Waals surface area contributed by atoms with E-state index in [4.69, 9.17) is 14.2 Å². The van der Waals surface area contributed by atoms with Gasteiger partial charge in [-0.15, -0.1) is 0 Å². The van der Waals surface area contributed by atoms with E-state index in [1.54, 1.807) is 55.6 Å². The molecule has 158 valence electrons. The lowest BCUT2D eigenvalue weighted by atomic mass is 10.1. The van der Waals surface area contributed by atoms with Crippen molar-refractivity contribution < 1.29 is 37.5 Å². The molecule has 1 N–H and O–H groups in total. The summed E-state index contributed by atoms with van der Waals surface area (Å²) in [7, 11) is 3.29. The van der Waals surface area contributed by atoms with E-state index in [1.807, 2.05) is 0 Å². The van der Waals surface area contributed by atoms with E-state index in [0.717, 1.165) is 0 Å². The van der Waals surface area contributed by atoms with Gasteiger partial charge in [0.05, 0.1) is 20.5 Å². The van der Waals surface area contributed by atoms with Crippen molar-refractivity contribution in [2.45, 2.75) is 65.2 Å². The van der Waals surface area contributed by atoms with E-state index in [0.29, 0.717) is 0 Å². The Labute approximate surface area is 160 Å². The van der Waals surface area contributed by atoms with Gasteiger partial charge in [-0.05, 0) is 41.5 Å². The number of nitrogens with zero attached hydrogens (tertiary/aromatic N) is 1. The first-order valence-corrected chi connectivity index (χ1v) is 8.80. The van der Waals surface area contributed by atoms with Crippen LogP contribution < -0.4 is 5.32 Å². The molecule has 1 atom stereocenters. The second-order valence-corrected chi connectivity index (χ2v) is 8.94. The van der Waals surface area contributed by atoms with Crippen molar-refractivity contribution in [3.05, 3.63) is 0 Å². The first kappa shape index (κ1) is 25.1. The minimum absolute atomic E-state index is 0.0174. The molecule has 0 spiro atoms. The highest BCUT2D eigenvalue weighted by Crippen LogP contribution is 2.11. The minimum atomic E-state index is -1.27. The quantitative estimate of drug-likeness (QED) is 0.294. The second-order valence-electron chi connectivity index (χ2n) is 8.94. The van der Waals surface area contributed by atoms with Crippen molar-refractivity contribution in [1.29, 1.82) is 0 Å². The van der Waals surface area contributed by atoms with Crippen molar-refractivity contribution in [3.63, 3.8) is 0 Å². The number of rotatable bonds is 8. The number of amides is 1. The van der Waals surface area contributed by atoms with E-state index in [9.17, 15) is 18.8 Å². The van der Waals surface area contributed by atoms with E-state index in [2.05, 4.69) is 5.32 Å². The van der Waals surface area contributed by atoms with Gasteiger partial charge in [0.15, 0.2) is 0 Å². The Morgan fingerprint density at radius 1 is 1.00 bits per heavy atom. The Morgan fingerprint density at radius 3 is 1.96 bits per heavy atom. The van der Waals surface area contributed by atoms with Crippen molar-refractivity contribution in [2.24, 2.45) is 0 Å². The SMILES string of the molecule is CC(C)(C)OC(=O)C[C@H](NC(=O)OC(C)(C)C)C(=O)OCC[N+](C)(C)CF. The maximum atomic E-state index is 12.8. The molecule has 9 heteroatoms. The fourth-order valence-corrected chi connectivity index (χ4v) is 1.75. The highest BCUT2D eigenvalue weighted by atomic mass is 19.1. The molecule has 0 aromatic rings. The summed E-state index contributed by atoms with van der Waals surface area (Å²) in [6, 6.07) is -1.27. The van der Waals surface area contributed by atoms with Crippen LogP contribution in [0.2, 0.25) is 0 Å². The standard InChI is InChI=1S/C18H33FN2O6/c1-17(2,3)26-14(22)11-13(20-16(24)27-18(4,5)6)15(23)25-10-9-21(7,8)12-19/h13H,9-12H2,1-8H3/p+1/t13-/m0/s1. The van der Waals surface area contributed by atoms with Gasteiger partial charge in [0.1, 0.15) is 30.4 Å². The number of alkyl carbamates (subject to hydrolysis) is 1. The normalized spacial score (nSPS) is 13.5. The van der Waals surface area contributed by atoms with Gasteiger partial charge >= 0.3 is 18.0 Å². The molecule has 0 aromatic carbocycles. The highest BCUT2D eigenvalue weighted by Gasteiger charge is 2.30. The third kappa shape index (κ3) is 13.0. The zero-order chi connectivity index (χ0) is 21.5. The zero-order valence-electron chi connectivity index (χ0n) is 17.7. The predicted molar refractivity (Wildman–Crippen MR) is 97.5 cm³/mol. The third-order valence-electron chi connectivity index (χ3n) is 3.03. The van der Waals surface area contributed by atoms with Gasteiger partial charge in [-0.25, -0.2) is 9.59 Å². The summed E-state index contributed by atoms with van der Waals surface area (Å²) in [5.74, 6) is -1.48. The number of hydrogen-bond donors (Lipinski definition) is 1. The van der Waals surface area contributed by atoms with Crippen molar-refractivity contribution in [1.82, 2.24) is 5.32 Å². The van der Waals surface area contributed by atoms with Crippen LogP contribution in [0, 0.1) is 0 Å². The summed E-state index contributed by atoms with van der Waals surface area (Å²) in [4.78, 5) is 36.3. The molecule has 0 saturated heterocycles. The minimum Gasteiger partial charge on any atom is -0.460 e. The number of nitrogens with one attached hydrogen (secondary N) is 1. The van der Waals surface area contributed by atoms with E-state index in [1.165, 1.54) is 0 Å². The molecule has 0 fully saturated rings. The number of alkyl halides is 1. The Morgan fingerprint density at radius 2 is 1.52 bits per heavy atom. The number of carbonyl (C=O) groups excluding carboxylic acids is 3. The lowest BCUT2D eigenvalue weighted by Gasteiger charge is -2.26. The number of quaternary nitrogens is 1. The number of ether oxygens (including phenoxy) is 3. The van der Waals surface area contributed by atoms with Gasteiger partial charge < -0.3 is 19.5 Å². The van der Waals surface area contributed by atoms with Crippen LogP contribution in [-0.4, -0.2) is 73.8 Å². The average Bonchev–Trinajstić information content (AvgIpc) is 2.42. The van der Waals surface area contributed by atoms with Gasteiger partial charge in [-0.3, -0.25) is 9.28 Å². The topological polar surface area (TPSA) is 90.9 Å². The summed E-state index contributed by atoms with van der Waals surface area (Å²) in [5.41, 5.74) is -1.51. The summed E-state index contributed by atoms with van der Waals surface area (Å²) in [6.45, 7) is 9.66. The second kappa shape index (κ2) is 9.87.